The van der Waals surface area contributed by atoms with Crippen LogP contribution < -0.4 is 0 Å². The van der Waals surface area contributed by atoms with E-state index in [0.717, 1.165) is 11.3 Å². The lowest BCUT2D eigenvalue weighted by atomic mass is 10.1. The monoisotopic (exact) mass is 376 g/mol. The van der Waals surface area contributed by atoms with Crippen molar-refractivity contribution in [1.29, 1.82) is 0 Å². The van der Waals surface area contributed by atoms with Gasteiger partial charge in [-0.1, -0.05) is 6.07 Å². The molecular formula is C18H17FN2O4S. The maximum atomic E-state index is 13.7. The molecule has 8 heteroatoms. The largest absolute Gasteiger partial charge is 0.477 e. The summed E-state index contributed by atoms with van der Waals surface area (Å²) < 4.78 is 13.7. The van der Waals surface area contributed by atoms with E-state index in [4.69, 9.17) is 5.11 Å². The predicted octanol–water partition coefficient (Wildman–Crippen LogP) is 2.49. The second-order valence-corrected chi connectivity index (χ2v) is 7.10. The summed E-state index contributed by atoms with van der Waals surface area (Å²) in [6.45, 7) is 3.02. The van der Waals surface area contributed by atoms with Crippen molar-refractivity contribution in [3.8, 4) is 0 Å². The van der Waals surface area contributed by atoms with Gasteiger partial charge in [-0.25, -0.2) is 9.18 Å². The molecule has 1 aromatic carbocycles. The zero-order chi connectivity index (χ0) is 18.8. The first-order valence-electron chi connectivity index (χ1n) is 8.04. The Labute approximate surface area is 153 Å². The molecule has 0 spiro atoms. The quantitative estimate of drug-likeness (QED) is 0.893. The van der Waals surface area contributed by atoms with Crippen LogP contribution in [-0.4, -0.2) is 58.9 Å². The standard InChI is InChI=1S/C18H17FN2O4S/c1-11-2-3-12(10-13(11)19)16(22)20-6-8-21(9-7-20)17(23)14-4-5-15(26-14)18(24)25/h2-5,10H,6-9H2,1H3,(H,24,25). The number of amides is 2. The molecule has 2 amide bonds. The molecule has 6 nitrogen and oxygen atoms in total. The van der Waals surface area contributed by atoms with E-state index in [2.05, 4.69) is 0 Å². The van der Waals surface area contributed by atoms with E-state index in [1.165, 1.54) is 18.2 Å². The van der Waals surface area contributed by atoms with Gasteiger partial charge >= 0.3 is 5.97 Å². The Morgan fingerprint density at radius 3 is 2.08 bits per heavy atom. The molecule has 2 aromatic rings. The van der Waals surface area contributed by atoms with Crippen LogP contribution >= 0.6 is 11.3 Å². The number of aromatic carboxylic acids is 1. The number of hydrogen-bond donors (Lipinski definition) is 1. The number of thiophene rings is 1. The Balaban J connectivity index is 1.62. The number of rotatable bonds is 3. The third-order valence-electron chi connectivity index (χ3n) is 4.30. The van der Waals surface area contributed by atoms with Crippen LogP contribution in [0.4, 0.5) is 4.39 Å². The molecule has 0 atom stereocenters. The van der Waals surface area contributed by atoms with Gasteiger partial charge in [0.2, 0.25) is 0 Å². The van der Waals surface area contributed by atoms with Crippen LogP contribution in [0, 0.1) is 12.7 Å². The number of carbonyl (C=O) groups excluding carboxylic acids is 2. The molecule has 1 saturated heterocycles. The van der Waals surface area contributed by atoms with E-state index in [9.17, 15) is 18.8 Å². The Morgan fingerprint density at radius 1 is 0.962 bits per heavy atom. The molecule has 1 N–H and O–H groups in total. The number of benzene rings is 1. The van der Waals surface area contributed by atoms with Crippen LogP contribution in [0.3, 0.4) is 0 Å². The topological polar surface area (TPSA) is 77.9 Å². The number of carboxylic acid groups (broad SMARTS) is 1. The summed E-state index contributed by atoms with van der Waals surface area (Å²) in [6, 6.07) is 7.31. The SMILES string of the molecule is Cc1ccc(C(=O)N2CCN(C(=O)c3ccc(C(=O)O)s3)CC2)cc1F. The number of halogens is 1. The lowest BCUT2D eigenvalue weighted by molar-refractivity contribution is 0.0538. The third-order valence-corrected chi connectivity index (χ3v) is 5.36. The molecular weight excluding hydrogens is 359 g/mol. The average Bonchev–Trinajstić information content (AvgIpc) is 3.13. The minimum Gasteiger partial charge on any atom is -0.477 e. The number of nitrogens with zero attached hydrogens (tertiary/aromatic N) is 2. The van der Waals surface area contributed by atoms with Crippen molar-refractivity contribution in [2.45, 2.75) is 6.92 Å². The molecule has 1 aliphatic rings. The van der Waals surface area contributed by atoms with E-state index in [1.54, 1.807) is 28.9 Å². The molecule has 0 radical (unpaired) electrons. The summed E-state index contributed by atoms with van der Waals surface area (Å²) in [7, 11) is 0. The van der Waals surface area contributed by atoms with Crippen LogP contribution in [-0.2, 0) is 0 Å². The van der Waals surface area contributed by atoms with Crippen molar-refractivity contribution in [3.63, 3.8) is 0 Å². The van der Waals surface area contributed by atoms with Crippen LogP contribution in [0.2, 0.25) is 0 Å². The second kappa shape index (κ2) is 7.25. The smallest absolute Gasteiger partial charge is 0.345 e. The highest BCUT2D eigenvalue weighted by Crippen LogP contribution is 2.20. The Hall–Kier alpha value is -2.74. The molecule has 2 heterocycles. The van der Waals surface area contributed by atoms with Gasteiger partial charge in [0.15, 0.2) is 0 Å². The van der Waals surface area contributed by atoms with E-state index < -0.39 is 11.8 Å². The van der Waals surface area contributed by atoms with Gasteiger partial charge in [-0.3, -0.25) is 9.59 Å². The summed E-state index contributed by atoms with van der Waals surface area (Å²) in [5.41, 5.74) is 0.769. The van der Waals surface area contributed by atoms with Gasteiger partial charge in [0.05, 0.1) is 4.88 Å². The van der Waals surface area contributed by atoms with E-state index in [0.29, 0.717) is 36.6 Å². The van der Waals surface area contributed by atoms with Gasteiger partial charge in [-0.15, -0.1) is 11.3 Å². The molecule has 1 aromatic heterocycles. The summed E-state index contributed by atoms with van der Waals surface area (Å²) in [5, 5.41) is 8.95. The summed E-state index contributed by atoms with van der Waals surface area (Å²) >= 11 is 0.937. The van der Waals surface area contributed by atoms with Crippen LogP contribution in [0.5, 0.6) is 0 Å². The molecule has 0 aliphatic carbocycles. The first-order valence-corrected chi connectivity index (χ1v) is 8.86. The molecule has 0 bridgehead atoms. The molecule has 1 aliphatic heterocycles. The van der Waals surface area contributed by atoms with Crippen LogP contribution in [0.15, 0.2) is 30.3 Å². The van der Waals surface area contributed by atoms with Crippen LogP contribution in [0.1, 0.15) is 35.3 Å². The van der Waals surface area contributed by atoms with Gasteiger partial charge in [0.1, 0.15) is 10.7 Å². The van der Waals surface area contributed by atoms with Crippen molar-refractivity contribution in [3.05, 3.63) is 57.0 Å². The van der Waals surface area contributed by atoms with E-state index >= 15 is 0 Å². The summed E-state index contributed by atoms with van der Waals surface area (Å²) in [5.74, 6) is -1.98. The fourth-order valence-electron chi connectivity index (χ4n) is 2.74. The van der Waals surface area contributed by atoms with E-state index in [-0.39, 0.29) is 22.3 Å². The Morgan fingerprint density at radius 2 is 1.54 bits per heavy atom. The minimum absolute atomic E-state index is 0.114. The maximum Gasteiger partial charge on any atom is 0.345 e. The van der Waals surface area contributed by atoms with Crippen molar-refractivity contribution in [2.24, 2.45) is 0 Å². The Bertz CT molecular complexity index is 872. The van der Waals surface area contributed by atoms with Crippen molar-refractivity contribution < 1.29 is 23.9 Å². The number of piperazine rings is 1. The van der Waals surface area contributed by atoms with E-state index in [1.807, 2.05) is 0 Å². The number of carboxylic acids is 1. The summed E-state index contributed by atoms with van der Waals surface area (Å²) in [6.07, 6.45) is 0. The highest BCUT2D eigenvalue weighted by Gasteiger charge is 2.26. The lowest BCUT2D eigenvalue weighted by Gasteiger charge is -2.34. The molecule has 26 heavy (non-hydrogen) atoms. The van der Waals surface area contributed by atoms with Gasteiger partial charge < -0.3 is 14.9 Å². The molecule has 1 fully saturated rings. The van der Waals surface area contributed by atoms with Crippen molar-refractivity contribution in [2.75, 3.05) is 26.2 Å². The molecule has 0 unspecified atom stereocenters. The fraction of sp³-hybridized carbons (Fsp3) is 0.278. The highest BCUT2D eigenvalue weighted by atomic mass is 32.1. The summed E-state index contributed by atoms with van der Waals surface area (Å²) in [4.78, 5) is 39.5. The first kappa shape index (κ1) is 18.1. The van der Waals surface area contributed by atoms with Crippen LogP contribution in [0.25, 0.3) is 0 Å². The third kappa shape index (κ3) is 3.60. The normalized spacial score (nSPS) is 14.4. The zero-order valence-electron chi connectivity index (χ0n) is 14.1. The first-order chi connectivity index (χ1) is 12.4. The number of hydrogen-bond acceptors (Lipinski definition) is 4. The predicted molar refractivity (Wildman–Crippen MR) is 94.2 cm³/mol. The fourth-order valence-corrected chi connectivity index (χ4v) is 3.56. The van der Waals surface area contributed by atoms with Gasteiger partial charge in [0, 0.05) is 31.7 Å². The zero-order valence-corrected chi connectivity index (χ0v) is 14.9. The maximum absolute atomic E-state index is 13.7. The van der Waals surface area contributed by atoms with Crippen molar-refractivity contribution >= 4 is 29.1 Å². The number of carbonyl (C=O) groups is 3. The minimum atomic E-state index is -1.06. The second-order valence-electron chi connectivity index (χ2n) is 6.02. The van der Waals surface area contributed by atoms with Gasteiger partial charge in [-0.05, 0) is 36.8 Å². The van der Waals surface area contributed by atoms with Crippen molar-refractivity contribution in [1.82, 2.24) is 9.80 Å². The molecule has 0 saturated carbocycles. The van der Waals surface area contributed by atoms with Gasteiger partial charge in [0.25, 0.3) is 11.8 Å². The van der Waals surface area contributed by atoms with Gasteiger partial charge in [-0.2, -0.15) is 0 Å². The highest BCUT2D eigenvalue weighted by molar-refractivity contribution is 7.15. The Kier molecular flexibility index (Phi) is 5.03. The number of aryl methyl sites for hydroxylation is 1. The lowest BCUT2D eigenvalue weighted by Crippen LogP contribution is -2.50. The molecule has 3 rings (SSSR count). The average molecular weight is 376 g/mol. The molecule has 136 valence electrons.